The van der Waals surface area contributed by atoms with E-state index >= 15 is 0 Å². The lowest BCUT2D eigenvalue weighted by molar-refractivity contribution is 0.0783. The molecule has 0 spiro atoms. The average Bonchev–Trinajstić information content (AvgIpc) is 3.39. The fourth-order valence-corrected chi connectivity index (χ4v) is 4.71. The highest BCUT2D eigenvalue weighted by molar-refractivity contribution is 6.14. The van der Waals surface area contributed by atoms with Crippen molar-refractivity contribution in [3.63, 3.8) is 0 Å². The van der Waals surface area contributed by atoms with E-state index in [1.54, 1.807) is 12.3 Å². The van der Waals surface area contributed by atoms with Gasteiger partial charge in [0.05, 0.1) is 23.0 Å². The maximum atomic E-state index is 13.6. The zero-order chi connectivity index (χ0) is 22.9. The van der Waals surface area contributed by atoms with Crippen LogP contribution in [0.15, 0.2) is 47.7 Å². The van der Waals surface area contributed by atoms with E-state index in [0.717, 1.165) is 30.3 Å². The Morgan fingerprint density at radius 2 is 1.97 bits per heavy atom. The number of carbonyl (C=O) groups excluding carboxylic acids is 1. The Bertz CT molecular complexity index is 1250. The van der Waals surface area contributed by atoms with E-state index < -0.39 is 0 Å². The van der Waals surface area contributed by atoms with Gasteiger partial charge < -0.3 is 15.2 Å². The minimum atomic E-state index is -0.312. The summed E-state index contributed by atoms with van der Waals surface area (Å²) < 4.78 is 13.6. The number of nitrogens with zero attached hydrogens (tertiary/aromatic N) is 5. The number of amides is 1. The van der Waals surface area contributed by atoms with Gasteiger partial charge in [-0.25, -0.2) is 14.4 Å². The molecule has 2 aromatic carbocycles. The predicted molar refractivity (Wildman–Crippen MR) is 127 cm³/mol. The molecular weight excluding hydrogens is 421 g/mol. The van der Waals surface area contributed by atoms with Gasteiger partial charge in [0.1, 0.15) is 5.82 Å². The summed E-state index contributed by atoms with van der Waals surface area (Å²) in [5.41, 5.74) is 5.66. The Morgan fingerprint density at radius 3 is 2.73 bits per heavy atom. The number of aromatic nitrogens is 2. The Balaban J connectivity index is 1.29. The van der Waals surface area contributed by atoms with E-state index in [4.69, 9.17) is 5.41 Å². The number of hydrogen-bond acceptors (Lipinski definition) is 7. The largest absolute Gasteiger partial charge is 0.340 e. The first-order valence-electron chi connectivity index (χ1n) is 10.9. The van der Waals surface area contributed by atoms with Crippen LogP contribution in [0.3, 0.4) is 0 Å². The lowest BCUT2D eigenvalue weighted by atomic mass is 10.0. The van der Waals surface area contributed by atoms with Crippen LogP contribution in [-0.4, -0.2) is 59.4 Å². The summed E-state index contributed by atoms with van der Waals surface area (Å²) in [5, 5.41) is 11.8. The van der Waals surface area contributed by atoms with Crippen LogP contribution >= 0.6 is 0 Å². The number of nitrogens with one attached hydrogen (secondary N) is 2. The summed E-state index contributed by atoms with van der Waals surface area (Å²) in [6.45, 7) is 4.81. The average molecular weight is 446 g/mol. The number of anilines is 2. The third-order valence-corrected chi connectivity index (χ3v) is 6.33. The van der Waals surface area contributed by atoms with Crippen molar-refractivity contribution < 1.29 is 9.18 Å². The fourth-order valence-electron chi connectivity index (χ4n) is 4.71. The lowest BCUT2D eigenvalue weighted by Gasteiger charge is -2.23. The minimum absolute atomic E-state index is 0.0235. The van der Waals surface area contributed by atoms with Gasteiger partial charge in [-0.2, -0.15) is 5.10 Å². The zero-order valence-electron chi connectivity index (χ0n) is 18.2. The van der Waals surface area contributed by atoms with Crippen LogP contribution in [0, 0.1) is 30.0 Å². The minimum Gasteiger partial charge on any atom is -0.340 e. The Labute approximate surface area is 190 Å². The molecule has 1 amide bonds. The summed E-state index contributed by atoms with van der Waals surface area (Å²) in [5.74, 6) is 0.934. The van der Waals surface area contributed by atoms with Crippen molar-refractivity contribution in [3.05, 3.63) is 59.5 Å². The highest BCUT2D eigenvalue weighted by Gasteiger charge is 2.42. The van der Waals surface area contributed by atoms with Gasteiger partial charge in [-0.1, -0.05) is 11.6 Å². The zero-order valence-corrected chi connectivity index (χ0v) is 18.2. The molecule has 2 saturated heterocycles. The van der Waals surface area contributed by atoms with E-state index in [1.165, 1.54) is 18.3 Å². The Kier molecular flexibility index (Phi) is 5.45. The smallest absolute Gasteiger partial charge is 0.256 e. The van der Waals surface area contributed by atoms with E-state index in [-0.39, 0.29) is 11.7 Å². The molecule has 8 nitrogen and oxygen atoms in total. The Morgan fingerprint density at radius 1 is 1.18 bits per heavy atom. The Hall–Kier alpha value is -3.88. The monoisotopic (exact) mass is 445 g/mol. The first kappa shape index (κ1) is 21.0. The maximum absolute atomic E-state index is 13.6. The third-order valence-electron chi connectivity index (χ3n) is 6.33. The molecule has 2 N–H and O–H groups in total. The molecule has 0 saturated carbocycles. The third kappa shape index (κ3) is 4.13. The topological polar surface area (TPSA) is 97.6 Å². The molecule has 0 radical (unpaired) electrons. The molecule has 2 atom stereocenters. The summed E-state index contributed by atoms with van der Waals surface area (Å²) in [7, 11) is 0. The first-order chi connectivity index (χ1) is 16.0. The van der Waals surface area contributed by atoms with Crippen LogP contribution in [0.2, 0.25) is 0 Å². The molecule has 0 aliphatic carbocycles. The van der Waals surface area contributed by atoms with E-state index in [9.17, 15) is 9.18 Å². The number of benzene rings is 2. The molecule has 33 heavy (non-hydrogen) atoms. The van der Waals surface area contributed by atoms with Crippen molar-refractivity contribution in [2.75, 3.05) is 36.5 Å². The van der Waals surface area contributed by atoms with Gasteiger partial charge >= 0.3 is 0 Å². The van der Waals surface area contributed by atoms with Crippen molar-refractivity contribution in [2.24, 2.45) is 16.9 Å². The molecular formula is C24H24FN7O. The van der Waals surface area contributed by atoms with Gasteiger partial charge in [0.15, 0.2) is 0 Å². The number of fused-ring (bicyclic) bond motifs is 2. The summed E-state index contributed by atoms with van der Waals surface area (Å²) in [6, 6.07) is 10.1. The summed E-state index contributed by atoms with van der Waals surface area (Å²) >= 11 is 0. The molecule has 2 aliphatic rings. The second-order valence-corrected chi connectivity index (χ2v) is 8.61. The second kappa shape index (κ2) is 8.57. The lowest BCUT2D eigenvalue weighted by Crippen LogP contribution is -2.34. The van der Waals surface area contributed by atoms with Crippen LogP contribution in [0.1, 0.15) is 15.9 Å². The van der Waals surface area contributed by atoms with Crippen molar-refractivity contribution in [3.8, 4) is 0 Å². The molecule has 3 aromatic rings. The maximum Gasteiger partial charge on any atom is 0.256 e. The number of aryl methyl sites for hydroxylation is 1. The van der Waals surface area contributed by atoms with Crippen molar-refractivity contribution in [1.29, 1.82) is 5.41 Å². The molecule has 9 heteroatoms. The highest BCUT2D eigenvalue weighted by atomic mass is 19.1. The van der Waals surface area contributed by atoms with E-state index in [1.807, 2.05) is 30.0 Å². The van der Waals surface area contributed by atoms with Gasteiger partial charge in [0, 0.05) is 61.9 Å². The van der Waals surface area contributed by atoms with Crippen LogP contribution in [0.25, 0.3) is 10.9 Å². The van der Waals surface area contributed by atoms with Crippen molar-refractivity contribution >= 4 is 40.9 Å². The summed E-state index contributed by atoms with van der Waals surface area (Å²) in [4.78, 5) is 26.4. The highest BCUT2D eigenvalue weighted by Crippen LogP contribution is 2.34. The van der Waals surface area contributed by atoms with Gasteiger partial charge in [-0.15, -0.1) is 0 Å². The van der Waals surface area contributed by atoms with Crippen molar-refractivity contribution in [1.82, 2.24) is 14.9 Å². The molecule has 2 aliphatic heterocycles. The molecule has 2 unspecified atom stereocenters. The van der Waals surface area contributed by atoms with Gasteiger partial charge in [-0.05, 0) is 31.2 Å². The standard InChI is InChI=1S/C24H24FN7O/c1-15-2-5-21(30-28-7-6-26)20(8-15)23(33)31-11-17-13-32(14-18(17)12-31)24-27-10-16-3-4-19(25)9-22(16)29-24/h2-10,17-18,26,30H,11-14H2,1H3/b26-6?,28-7-. The van der Waals surface area contributed by atoms with Gasteiger partial charge in [0.2, 0.25) is 5.95 Å². The van der Waals surface area contributed by atoms with Gasteiger partial charge in [-0.3, -0.25) is 10.2 Å². The van der Waals surface area contributed by atoms with Gasteiger partial charge in [0.25, 0.3) is 5.91 Å². The molecule has 1 aromatic heterocycles. The van der Waals surface area contributed by atoms with E-state index in [2.05, 4.69) is 25.4 Å². The predicted octanol–water partition coefficient (Wildman–Crippen LogP) is 3.33. The number of rotatable bonds is 5. The summed E-state index contributed by atoms with van der Waals surface area (Å²) in [6.07, 6.45) is 4.13. The van der Waals surface area contributed by atoms with E-state index in [0.29, 0.717) is 47.6 Å². The molecule has 5 rings (SSSR count). The number of carbonyl (C=O) groups is 1. The number of likely N-dealkylation sites (tertiary alicyclic amines) is 1. The second-order valence-electron chi connectivity index (χ2n) is 8.61. The van der Waals surface area contributed by atoms with Crippen LogP contribution < -0.4 is 10.3 Å². The number of hydrazone groups is 1. The normalized spacial score (nSPS) is 19.9. The fraction of sp³-hybridized carbons (Fsp3) is 0.292. The molecule has 3 heterocycles. The molecule has 0 bridgehead atoms. The number of halogens is 1. The van der Waals surface area contributed by atoms with Crippen molar-refractivity contribution in [2.45, 2.75) is 6.92 Å². The SMILES string of the molecule is Cc1ccc(N/N=C\C=N)c(C(=O)N2CC3CN(c4ncc5ccc(F)cc5n4)CC3C2)c1. The molecule has 168 valence electrons. The number of hydrogen-bond donors (Lipinski definition) is 2. The van der Waals surface area contributed by atoms with Crippen LogP contribution in [-0.2, 0) is 0 Å². The quantitative estimate of drug-likeness (QED) is 0.464. The first-order valence-corrected chi connectivity index (χ1v) is 10.9. The van der Waals surface area contributed by atoms with Crippen LogP contribution in [0.5, 0.6) is 0 Å². The van der Waals surface area contributed by atoms with Crippen LogP contribution in [0.4, 0.5) is 16.0 Å². The molecule has 2 fully saturated rings.